The number of fused-ring (bicyclic) bond motifs is 1. The number of rotatable bonds is 6. The normalized spacial score (nSPS) is 13.0. The van der Waals surface area contributed by atoms with Crippen LogP contribution in [0.2, 0.25) is 0 Å². The zero-order valence-corrected chi connectivity index (χ0v) is 15.8. The van der Waals surface area contributed by atoms with Crippen LogP contribution in [0.4, 0.5) is 0 Å². The van der Waals surface area contributed by atoms with Crippen LogP contribution in [-0.4, -0.2) is 20.1 Å². The van der Waals surface area contributed by atoms with Crippen LogP contribution >= 0.6 is 0 Å². The fraction of sp³-hybridized carbons (Fsp3) is 0.238. The van der Waals surface area contributed by atoms with Gasteiger partial charge in [-0.25, -0.2) is 13.1 Å². The van der Waals surface area contributed by atoms with E-state index < -0.39 is 16.1 Å². The van der Waals surface area contributed by atoms with Crippen LogP contribution in [0, 0.1) is 13.8 Å². The fourth-order valence-electron chi connectivity index (χ4n) is 3.10. The van der Waals surface area contributed by atoms with E-state index in [1.807, 2.05) is 55.5 Å². The topological polar surface area (TPSA) is 66.4 Å². The van der Waals surface area contributed by atoms with Gasteiger partial charge in [0.15, 0.2) is 0 Å². The molecule has 3 aromatic rings. The van der Waals surface area contributed by atoms with Crippen LogP contribution < -0.4 is 4.72 Å². The Kier molecular flexibility index (Phi) is 5.41. The number of sulfonamides is 1. The zero-order chi connectivity index (χ0) is 18.7. The predicted molar refractivity (Wildman–Crippen MR) is 105 cm³/mol. The molecule has 0 unspecified atom stereocenters. The third kappa shape index (κ3) is 3.96. The summed E-state index contributed by atoms with van der Waals surface area (Å²) in [5.41, 5.74) is 2.42. The molecule has 0 aliphatic heterocycles. The van der Waals surface area contributed by atoms with Gasteiger partial charge in [-0.3, -0.25) is 0 Å². The lowest BCUT2D eigenvalue weighted by atomic mass is 9.99. The third-order valence-corrected chi connectivity index (χ3v) is 6.13. The molecule has 0 aromatic heterocycles. The van der Waals surface area contributed by atoms with Gasteiger partial charge >= 0.3 is 0 Å². The van der Waals surface area contributed by atoms with E-state index in [1.165, 1.54) is 0 Å². The number of aryl methyl sites for hydroxylation is 2. The highest BCUT2D eigenvalue weighted by Crippen LogP contribution is 2.26. The Morgan fingerprint density at radius 3 is 2.54 bits per heavy atom. The second-order valence-electron chi connectivity index (χ2n) is 6.54. The van der Waals surface area contributed by atoms with Gasteiger partial charge < -0.3 is 5.11 Å². The first-order chi connectivity index (χ1) is 12.4. The number of hydrogen-bond donors (Lipinski definition) is 2. The van der Waals surface area contributed by atoms with E-state index in [2.05, 4.69) is 4.72 Å². The molecule has 0 saturated heterocycles. The van der Waals surface area contributed by atoms with Crippen molar-refractivity contribution in [2.75, 3.05) is 6.54 Å². The molecule has 0 amide bonds. The van der Waals surface area contributed by atoms with E-state index in [-0.39, 0.29) is 11.4 Å². The molecule has 0 heterocycles. The lowest BCUT2D eigenvalue weighted by molar-refractivity contribution is 0.170. The van der Waals surface area contributed by atoms with E-state index in [1.54, 1.807) is 19.1 Å². The van der Waals surface area contributed by atoms with Crippen molar-refractivity contribution in [1.82, 2.24) is 4.72 Å². The highest BCUT2D eigenvalue weighted by molar-refractivity contribution is 7.89. The first kappa shape index (κ1) is 18.6. The van der Waals surface area contributed by atoms with Crippen LogP contribution in [0.5, 0.6) is 0 Å². The smallest absolute Gasteiger partial charge is 0.240 e. The summed E-state index contributed by atoms with van der Waals surface area (Å²) in [5, 5.41) is 12.6. The van der Waals surface area contributed by atoms with Crippen LogP contribution in [0.3, 0.4) is 0 Å². The second kappa shape index (κ2) is 7.58. The van der Waals surface area contributed by atoms with Crippen molar-refractivity contribution in [2.24, 2.45) is 0 Å². The Hall–Kier alpha value is -2.21. The Balaban J connectivity index is 1.72. The predicted octanol–water partition coefficient (Wildman–Crippen LogP) is 3.86. The first-order valence-corrected chi connectivity index (χ1v) is 10.1. The molecule has 0 aliphatic carbocycles. The summed E-state index contributed by atoms with van der Waals surface area (Å²) in [6.45, 7) is 3.81. The van der Waals surface area contributed by atoms with Crippen molar-refractivity contribution in [1.29, 1.82) is 0 Å². The quantitative estimate of drug-likeness (QED) is 0.693. The Bertz CT molecular complexity index is 1020. The molecule has 3 rings (SSSR count). The van der Waals surface area contributed by atoms with Gasteiger partial charge in [-0.05, 0) is 53.8 Å². The van der Waals surface area contributed by atoms with Crippen LogP contribution in [0.15, 0.2) is 65.6 Å². The van der Waals surface area contributed by atoms with Crippen LogP contribution in [0.1, 0.15) is 29.2 Å². The molecular formula is C21H23NO3S. The lowest BCUT2D eigenvalue weighted by Crippen LogP contribution is -2.26. The molecule has 0 saturated carbocycles. The number of hydrogen-bond acceptors (Lipinski definition) is 3. The largest absolute Gasteiger partial charge is 0.388 e. The van der Waals surface area contributed by atoms with Crippen molar-refractivity contribution in [2.45, 2.75) is 31.3 Å². The van der Waals surface area contributed by atoms with Gasteiger partial charge in [0, 0.05) is 6.54 Å². The van der Waals surface area contributed by atoms with Gasteiger partial charge in [0.2, 0.25) is 10.0 Å². The average Bonchev–Trinajstić information content (AvgIpc) is 2.63. The number of aliphatic hydroxyl groups excluding tert-OH is 1. The highest BCUT2D eigenvalue weighted by Gasteiger charge is 2.18. The molecule has 0 aliphatic rings. The van der Waals surface area contributed by atoms with E-state index in [0.29, 0.717) is 12.0 Å². The summed E-state index contributed by atoms with van der Waals surface area (Å²) < 4.78 is 27.7. The van der Waals surface area contributed by atoms with Gasteiger partial charge in [-0.1, -0.05) is 54.6 Å². The summed E-state index contributed by atoms with van der Waals surface area (Å²) in [4.78, 5) is 0.289. The second-order valence-corrected chi connectivity index (χ2v) is 8.27. The molecular weight excluding hydrogens is 346 g/mol. The number of benzene rings is 3. The highest BCUT2D eigenvalue weighted by atomic mass is 32.2. The summed E-state index contributed by atoms with van der Waals surface area (Å²) in [6, 6.07) is 19.0. The van der Waals surface area contributed by atoms with Gasteiger partial charge in [0.1, 0.15) is 0 Å². The Labute approximate surface area is 154 Å². The van der Waals surface area contributed by atoms with Crippen molar-refractivity contribution < 1.29 is 13.5 Å². The fourth-order valence-corrected chi connectivity index (χ4v) is 4.48. The molecule has 0 fully saturated rings. The Morgan fingerprint density at radius 1 is 1.00 bits per heavy atom. The number of nitrogens with one attached hydrogen (secondary N) is 1. The minimum Gasteiger partial charge on any atom is -0.388 e. The molecule has 26 heavy (non-hydrogen) atoms. The maximum atomic E-state index is 12.5. The van der Waals surface area contributed by atoms with Gasteiger partial charge in [-0.2, -0.15) is 0 Å². The first-order valence-electron chi connectivity index (χ1n) is 8.61. The molecule has 4 nitrogen and oxygen atoms in total. The monoisotopic (exact) mass is 369 g/mol. The SMILES string of the molecule is Cc1ccc(C)c(S(=O)(=O)NCC[C@@H](O)c2cccc3ccccc23)c1. The van der Waals surface area contributed by atoms with Crippen molar-refractivity contribution in [3.05, 3.63) is 77.4 Å². The van der Waals surface area contributed by atoms with E-state index in [0.717, 1.165) is 21.9 Å². The number of aliphatic hydroxyl groups is 1. The standard InChI is InChI=1S/C21H23NO3S/c1-15-10-11-16(2)21(14-15)26(24,25)22-13-12-20(23)19-9-5-7-17-6-3-4-8-18(17)19/h3-11,14,20,22-23H,12-13H2,1-2H3/t20-/m1/s1. The summed E-state index contributed by atoms with van der Waals surface area (Å²) >= 11 is 0. The molecule has 5 heteroatoms. The minimum atomic E-state index is -3.59. The van der Waals surface area contributed by atoms with Crippen LogP contribution in [-0.2, 0) is 10.0 Å². The van der Waals surface area contributed by atoms with E-state index in [9.17, 15) is 13.5 Å². The van der Waals surface area contributed by atoms with Crippen molar-refractivity contribution in [3.63, 3.8) is 0 Å². The van der Waals surface area contributed by atoms with Gasteiger partial charge in [0.25, 0.3) is 0 Å². The minimum absolute atomic E-state index is 0.167. The molecule has 3 aromatic carbocycles. The summed E-state index contributed by atoms with van der Waals surface area (Å²) in [5.74, 6) is 0. The van der Waals surface area contributed by atoms with Crippen molar-refractivity contribution >= 4 is 20.8 Å². The van der Waals surface area contributed by atoms with Crippen molar-refractivity contribution in [3.8, 4) is 0 Å². The van der Waals surface area contributed by atoms with E-state index >= 15 is 0 Å². The van der Waals surface area contributed by atoms with E-state index in [4.69, 9.17) is 0 Å². The van der Waals surface area contributed by atoms with Crippen LogP contribution in [0.25, 0.3) is 10.8 Å². The third-order valence-electron chi connectivity index (χ3n) is 4.53. The summed E-state index contributed by atoms with van der Waals surface area (Å²) in [7, 11) is -3.59. The molecule has 2 N–H and O–H groups in total. The molecule has 136 valence electrons. The Morgan fingerprint density at radius 2 is 1.73 bits per heavy atom. The van der Waals surface area contributed by atoms with Gasteiger partial charge in [-0.15, -0.1) is 0 Å². The molecule has 1 atom stereocenters. The maximum absolute atomic E-state index is 12.5. The molecule has 0 spiro atoms. The lowest BCUT2D eigenvalue weighted by Gasteiger charge is -2.15. The molecule has 0 radical (unpaired) electrons. The summed E-state index contributed by atoms with van der Waals surface area (Å²) in [6.07, 6.45) is -0.430. The maximum Gasteiger partial charge on any atom is 0.240 e. The zero-order valence-electron chi connectivity index (χ0n) is 14.9. The van der Waals surface area contributed by atoms with Gasteiger partial charge in [0.05, 0.1) is 11.0 Å². The molecule has 0 bridgehead atoms. The average molecular weight is 369 g/mol.